The molecule has 3 rings (SSSR count). The van der Waals surface area contributed by atoms with E-state index in [2.05, 4.69) is 0 Å². The minimum atomic E-state index is -0.124. The second kappa shape index (κ2) is 10.5. The van der Waals surface area contributed by atoms with Gasteiger partial charge in [0.2, 0.25) is 0 Å². The Kier molecular flexibility index (Phi) is 8.02. The van der Waals surface area contributed by atoms with E-state index in [0.29, 0.717) is 50.5 Å². The van der Waals surface area contributed by atoms with Crippen LogP contribution in [0.3, 0.4) is 0 Å². The molecule has 1 aliphatic heterocycles. The number of amides is 1. The zero-order chi connectivity index (χ0) is 21.7. The van der Waals surface area contributed by atoms with Crippen LogP contribution in [0.15, 0.2) is 41.3 Å². The molecule has 1 amide bonds. The van der Waals surface area contributed by atoms with E-state index in [0.717, 1.165) is 11.1 Å². The lowest BCUT2D eigenvalue weighted by Crippen LogP contribution is -2.31. The predicted octanol–water partition coefficient (Wildman–Crippen LogP) is 5.43. The van der Waals surface area contributed by atoms with Crippen LogP contribution >= 0.6 is 47.2 Å². The normalized spacial score (nSPS) is 15.2. The average molecular weight is 484 g/mol. The first kappa shape index (κ1) is 22.9. The summed E-state index contributed by atoms with van der Waals surface area (Å²) in [6, 6.07) is 10.8. The van der Waals surface area contributed by atoms with Gasteiger partial charge in [-0.15, -0.1) is 0 Å². The number of hydrogen-bond donors (Lipinski definition) is 0. The first-order valence-electron chi connectivity index (χ1n) is 8.92. The fourth-order valence-corrected chi connectivity index (χ4v) is 4.34. The van der Waals surface area contributed by atoms with Crippen molar-refractivity contribution in [3.05, 3.63) is 62.5 Å². The largest absolute Gasteiger partial charge is 0.493 e. The summed E-state index contributed by atoms with van der Waals surface area (Å²) < 4.78 is 16.9. The lowest BCUT2D eigenvalue weighted by molar-refractivity contribution is -0.122. The number of nitrogens with zero attached hydrogens (tertiary/aromatic N) is 1. The van der Waals surface area contributed by atoms with Crippen molar-refractivity contribution in [1.82, 2.24) is 4.90 Å². The van der Waals surface area contributed by atoms with Gasteiger partial charge in [0.1, 0.15) is 10.9 Å². The van der Waals surface area contributed by atoms with Crippen LogP contribution in [0.1, 0.15) is 11.1 Å². The second-order valence-corrected chi connectivity index (χ2v) is 8.76. The van der Waals surface area contributed by atoms with Gasteiger partial charge in [-0.3, -0.25) is 9.69 Å². The van der Waals surface area contributed by atoms with Crippen molar-refractivity contribution in [3.8, 4) is 11.5 Å². The number of carbonyl (C=O) groups excluding carboxylic acids is 1. The van der Waals surface area contributed by atoms with E-state index < -0.39 is 0 Å². The maximum atomic E-state index is 12.6. The van der Waals surface area contributed by atoms with Gasteiger partial charge in [0.05, 0.1) is 35.2 Å². The van der Waals surface area contributed by atoms with Crippen molar-refractivity contribution >= 4 is 63.5 Å². The predicted molar refractivity (Wildman–Crippen MR) is 126 cm³/mol. The Labute approximate surface area is 194 Å². The molecule has 1 heterocycles. The van der Waals surface area contributed by atoms with E-state index >= 15 is 0 Å². The molecule has 5 nitrogen and oxygen atoms in total. The van der Waals surface area contributed by atoms with Crippen molar-refractivity contribution < 1.29 is 19.0 Å². The number of rotatable bonds is 8. The van der Waals surface area contributed by atoms with Crippen molar-refractivity contribution in [1.29, 1.82) is 0 Å². The van der Waals surface area contributed by atoms with Crippen LogP contribution in [-0.4, -0.2) is 42.5 Å². The minimum absolute atomic E-state index is 0.124. The van der Waals surface area contributed by atoms with Gasteiger partial charge in [0.25, 0.3) is 5.91 Å². The third-order valence-corrected chi connectivity index (χ3v) is 6.37. The Balaban J connectivity index is 1.74. The van der Waals surface area contributed by atoms with Gasteiger partial charge in [-0.05, 0) is 41.5 Å². The fraction of sp³-hybridized carbons (Fsp3) is 0.238. The third kappa shape index (κ3) is 5.47. The molecule has 2 aromatic rings. The first-order chi connectivity index (χ1) is 14.4. The molecule has 1 aliphatic rings. The maximum Gasteiger partial charge on any atom is 0.266 e. The molecular formula is C21H19Cl2NO4S2. The summed E-state index contributed by atoms with van der Waals surface area (Å²) in [6.07, 6.45) is 1.79. The minimum Gasteiger partial charge on any atom is -0.493 e. The number of halogens is 2. The van der Waals surface area contributed by atoms with Crippen molar-refractivity contribution in [2.45, 2.75) is 6.61 Å². The van der Waals surface area contributed by atoms with Crippen LogP contribution in [0.5, 0.6) is 11.5 Å². The smallest absolute Gasteiger partial charge is 0.266 e. The zero-order valence-electron chi connectivity index (χ0n) is 16.3. The Hall–Kier alpha value is -1.77. The molecule has 1 fully saturated rings. The molecule has 9 heteroatoms. The highest BCUT2D eigenvalue weighted by Crippen LogP contribution is 2.35. The van der Waals surface area contributed by atoms with E-state index in [1.54, 1.807) is 43.4 Å². The summed E-state index contributed by atoms with van der Waals surface area (Å²) in [6.45, 7) is 1.17. The van der Waals surface area contributed by atoms with Crippen molar-refractivity contribution in [2.24, 2.45) is 0 Å². The standard InChI is InChI=1S/C21H19Cl2NO4S2/c1-26-8-7-24-20(25)19(30-21(24)29)11-13-4-6-17(18(10-13)27-2)28-12-14-3-5-15(22)16(23)9-14/h3-6,9-11H,7-8,12H2,1-2H3/b19-11-. The van der Waals surface area contributed by atoms with Gasteiger partial charge in [-0.1, -0.05) is 59.3 Å². The molecule has 0 radical (unpaired) electrons. The van der Waals surface area contributed by atoms with Gasteiger partial charge in [-0.25, -0.2) is 0 Å². The lowest BCUT2D eigenvalue weighted by atomic mass is 10.1. The monoisotopic (exact) mass is 483 g/mol. The number of thioether (sulfide) groups is 1. The topological polar surface area (TPSA) is 48.0 Å². The molecule has 0 bridgehead atoms. The Morgan fingerprint density at radius 2 is 1.90 bits per heavy atom. The summed E-state index contributed by atoms with van der Waals surface area (Å²) in [5.41, 5.74) is 1.69. The Morgan fingerprint density at radius 3 is 2.60 bits per heavy atom. The van der Waals surface area contributed by atoms with Crippen LogP contribution in [0.2, 0.25) is 10.0 Å². The number of benzene rings is 2. The second-order valence-electron chi connectivity index (χ2n) is 6.27. The van der Waals surface area contributed by atoms with E-state index in [9.17, 15) is 4.79 Å². The summed E-state index contributed by atoms with van der Waals surface area (Å²) in [5, 5.41) is 0.970. The summed E-state index contributed by atoms with van der Waals surface area (Å²) in [7, 11) is 3.15. The SMILES string of the molecule is COCCN1C(=O)/C(=C/c2ccc(OCc3ccc(Cl)c(Cl)c3)c(OC)c2)SC1=S. The molecule has 0 saturated carbocycles. The number of ether oxygens (including phenoxy) is 3. The van der Waals surface area contributed by atoms with Gasteiger partial charge in [0.15, 0.2) is 11.5 Å². The van der Waals surface area contributed by atoms with E-state index in [-0.39, 0.29) is 5.91 Å². The molecule has 0 aliphatic carbocycles. The van der Waals surface area contributed by atoms with E-state index in [1.165, 1.54) is 11.8 Å². The van der Waals surface area contributed by atoms with Crippen LogP contribution in [0.4, 0.5) is 0 Å². The first-order valence-corrected chi connectivity index (χ1v) is 10.9. The molecule has 30 heavy (non-hydrogen) atoms. The van der Waals surface area contributed by atoms with Crippen molar-refractivity contribution in [3.63, 3.8) is 0 Å². The number of carbonyl (C=O) groups is 1. The van der Waals surface area contributed by atoms with Gasteiger partial charge >= 0.3 is 0 Å². The van der Waals surface area contributed by atoms with Crippen LogP contribution < -0.4 is 9.47 Å². The summed E-state index contributed by atoms with van der Waals surface area (Å²) >= 11 is 18.6. The third-order valence-electron chi connectivity index (χ3n) is 4.26. The fourth-order valence-electron chi connectivity index (χ4n) is 2.71. The summed E-state index contributed by atoms with van der Waals surface area (Å²) in [5.74, 6) is 1.01. The quantitative estimate of drug-likeness (QED) is 0.368. The van der Waals surface area contributed by atoms with E-state index in [4.69, 9.17) is 49.6 Å². The number of hydrogen-bond acceptors (Lipinski definition) is 6. The van der Waals surface area contributed by atoms with E-state index in [1.807, 2.05) is 18.2 Å². The summed E-state index contributed by atoms with van der Waals surface area (Å²) in [4.78, 5) is 14.7. The van der Waals surface area contributed by atoms with Gasteiger partial charge in [-0.2, -0.15) is 0 Å². The lowest BCUT2D eigenvalue weighted by Gasteiger charge is -2.13. The highest BCUT2D eigenvalue weighted by Gasteiger charge is 2.31. The molecular weight excluding hydrogens is 465 g/mol. The number of methoxy groups -OCH3 is 2. The highest BCUT2D eigenvalue weighted by molar-refractivity contribution is 8.26. The molecule has 1 saturated heterocycles. The molecule has 0 aromatic heterocycles. The average Bonchev–Trinajstić information content (AvgIpc) is 3.00. The van der Waals surface area contributed by atoms with Crippen LogP contribution in [0.25, 0.3) is 6.08 Å². The Morgan fingerprint density at radius 1 is 1.10 bits per heavy atom. The number of thiocarbonyl (C=S) groups is 1. The molecule has 0 N–H and O–H groups in total. The van der Waals surface area contributed by atoms with Gasteiger partial charge in [0, 0.05) is 7.11 Å². The zero-order valence-corrected chi connectivity index (χ0v) is 19.5. The molecule has 0 unspecified atom stereocenters. The molecule has 158 valence electrons. The van der Waals surface area contributed by atoms with Gasteiger partial charge < -0.3 is 14.2 Å². The van der Waals surface area contributed by atoms with Crippen LogP contribution in [0, 0.1) is 0 Å². The molecule has 2 aromatic carbocycles. The van der Waals surface area contributed by atoms with Crippen LogP contribution in [-0.2, 0) is 16.1 Å². The molecule has 0 atom stereocenters. The highest BCUT2D eigenvalue weighted by atomic mass is 35.5. The van der Waals surface area contributed by atoms with Crippen molar-refractivity contribution in [2.75, 3.05) is 27.4 Å². The molecule has 0 spiro atoms. The maximum absolute atomic E-state index is 12.6. The Bertz CT molecular complexity index is 997.